The number of aromatic nitrogens is 1. The lowest BCUT2D eigenvalue weighted by atomic mass is 9.82. The lowest BCUT2D eigenvalue weighted by Gasteiger charge is -2.33. The van der Waals surface area contributed by atoms with Gasteiger partial charge < -0.3 is 10.5 Å². The summed E-state index contributed by atoms with van der Waals surface area (Å²) in [5, 5.41) is 0. The average Bonchev–Trinajstić information content (AvgIpc) is 2.13. The number of halogens is 1. The van der Waals surface area contributed by atoms with E-state index < -0.39 is 0 Å². The van der Waals surface area contributed by atoms with Crippen molar-refractivity contribution in [2.45, 2.75) is 18.9 Å². The summed E-state index contributed by atoms with van der Waals surface area (Å²) in [5.41, 5.74) is 5.49. The second kappa shape index (κ2) is 3.92. The van der Waals surface area contributed by atoms with Crippen LogP contribution in [0.5, 0.6) is 5.88 Å². The van der Waals surface area contributed by atoms with Crippen LogP contribution in [0.25, 0.3) is 0 Å². The van der Waals surface area contributed by atoms with Crippen molar-refractivity contribution < 1.29 is 9.13 Å². The maximum absolute atomic E-state index is 12.5. The van der Waals surface area contributed by atoms with Gasteiger partial charge in [-0.15, -0.1) is 0 Å². The Kier molecular flexibility index (Phi) is 2.63. The molecule has 0 bridgehead atoms. The molecule has 2 rings (SSSR count). The van der Waals surface area contributed by atoms with Crippen LogP contribution in [0.3, 0.4) is 0 Å². The summed E-state index contributed by atoms with van der Waals surface area (Å²) in [4.78, 5) is 3.82. The fourth-order valence-corrected chi connectivity index (χ4v) is 1.57. The minimum atomic E-state index is -0.342. The van der Waals surface area contributed by atoms with Crippen molar-refractivity contribution in [3.8, 4) is 5.88 Å². The third-order valence-corrected chi connectivity index (χ3v) is 2.51. The van der Waals surface area contributed by atoms with Gasteiger partial charge in [0.25, 0.3) is 0 Å². The van der Waals surface area contributed by atoms with E-state index in [0.717, 1.165) is 25.6 Å². The Morgan fingerprint density at radius 2 is 2.29 bits per heavy atom. The van der Waals surface area contributed by atoms with Crippen molar-refractivity contribution in [2.75, 3.05) is 6.54 Å². The van der Waals surface area contributed by atoms with Gasteiger partial charge in [0.1, 0.15) is 11.9 Å². The smallest absolute Gasteiger partial charge is 0.213 e. The minimum Gasteiger partial charge on any atom is -0.474 e. The molecule has 1 saturated carbocycles. The number of pyridine rings is 1. The van der Waals surface area contributed by atoms with E-state index >= 15 is 0 Å². The van der Waals surface area contributed by atoms with Crippen molar-refractivity contribution >= 4 is 0 Å². The van der Waals surface area contributed by atoms with Crippen LogP contribution in [0.1, 0.15) is 12.8 Å². The number of nitrogens with two attached hydrogens (primary N) is 1. The van der Waals surface area contributed by atoms with Crippen molar-refractivity contribution in [1.82, 2.24) is 4.98 Å². The molecule has 1 heterocycles. The van der Waals surface area contributed by atoms with Gasteiger partial charge in [-0.05, 0) is 31.4 Å². The molecule has 0 spiro atoms. The second-order valence-corrected chi connectivity index (χ2v) is 3.63. The highest BCUT2D eigenvalue weighted by Crippen LogP contribution is 2.29. The summed E-state index contributed by atoms with van der Waals surface area (Å²) in [6.07, 6.45) is 3.33. The van der Waals surface area contributed by atoms with E-state index in [1.807, 2.05) is 0 Å². The first-order chi connectivity index (χ1) is 6.78. The predicted molar refractivity (Wildman–Crippen MR) is 50.4 cm³/mol. The molecule has 2 N–H and O–H groups in total. The van der Waals surface area contributed by atoms with E-state index in [1.54, 1.807) is 6.07 Å². The van der Waals surface area contributed by atoms with Crippen LogP contribution < -0.4 is 10.5 Å². The van der Waals surface area contributed by atoms with E-state index in [9.17, 15) is 4.39 Å². The third-order valence-electron chi connectivity index (χ3n) is 2.51. The number of hydrogen-bond acceptors (Lipinski definition) is 3. The highest BCUT2D eigenvalue weighted by atomic mass is 19.1. The Bertz CT molecular complexity index is 295. The topological polar surface area (TPSA) is 48.1 Å². The van der Waals surface area contributed by atoms with Crippen LogP contribution in [0, 0.1) is 11.7 Å². The zero-order valence-electron chi connectivity index (χ0n) is 7.82. The first-order valence-electron chi connectivity index (χ1n) is 4.76. The van der Waals surface area contributed by atoms with Gasteiger partial charge in [-0.3, -0.25) is 0 Å². The van der Waals surface area contributed by atoms with Crippen molar-refractivity contribution in [3.05, 3.63) is 24.1 Å². The number of hydrogen-bond donors (Lipinski definition) is 1. The first kappa shape index (κ1) is 9.40. The van der Waals surface area contributed by atoms with Crippen LogP contribution >= 0.6 is 0 Å². The molecule has 4 heteroatoms. The summed E-state index contributed by atoms with van der Waals surface area (Å²) in [6, 6.07) is 2.90. The maximum atomic E-state index is 12.5. The maximum Gasteiger partial charge on any atom is 0.213 e. The standard InChI is InChI=1S/C10H13FN2O/c11-8-1-2-10(13-6-8)14-9-3-7(4-9)5-12/h1-2,6-7,9H,3-5,12H2. The molecule has 76 valence electrons. The normalized spacial score (nSPS) is 25.6. The van der Waals surface area contributed by atoms with Gasteiger partial charge in [-0.2, -0.15) is 0 Å². The quantitative estimate of drug-likeness (QED) is 0.793. The molecule has 3 nitrogen and oxygen atoms in total. The molecular weight excluding hydrogens is 183 g/mol. The van der Waals surface area contributed by atoms with Crippen LogP contribution in [0.2, 0.25) is 0 Å². The molecule has 0 unspecified atom stereocenters. The highest BCUT2D eigenvalue weighted by molar-refractivity contribution is 5.11. The van der Waals surface area contributed by atoms with Gasteiger partial charge in [0.05, 0.1) is 6.20 Å². The monoisotopic (exact) mass is 196 g/mol. The lowest BCUT2D eigenvalue weighted by molar-refractivity contribution is 0.0647. The average molecular weight is 196 g/mol. The molecule has 1 aromatic rings. The van der Waals surface area contributed by atoms with Gasteiger partial charge in [-0.25, -0.2) is 9.37 Å². The van der Waals surface area contributed by atoms with E-state index in [0.29, 0.717) is 11.8 Å². The molecule has 0 amide bonds. The van der Waals surface area contributed by atoms with E-state index in [-0.39, 0.29) is 11.9 Å². The summed E-state index contributed by atoms with van der Waals surface area (Å²) >= 11 is 0. The molecule has 0 aliphatic heterocycles. The number of nitrogens with zero attached hydrogens (tertiary/aromatic N) is 1. The fraction of sp³-hybridized carbons (Fsp3) is 0.500. The first-order valence-corrected chi connectivity index (χ1v) is 4.76. The molecule has 0 saturated heterocycles. The molecule has 1 aromatic heterocycles. The van der Waals surface area contributed by atoms with Crippen LogP contribution in [0.4, 0.5) is 4.39 Å². The Hall–Kier alpha value is -1.16. The third kappa shape index (κ3) is 2.01. The Morgan fingerprint density at radius 3 is 2.86 bits per heavy atom. The molecule has 1 aliphatic carbocycles. The summed E-state index contributed by atoms with van der Waals surface area (Å²) in [5.74, 6) is 0.734. The van der Waals surface area contributed by atoms with Crippen molar-refractivity contribution in [1.29, 1.82) is 0 Å². The second-order valence-electron chi connectivity index (χ2n) is 3.63. The summed E-state index contributed by atoms with van der Waals surface area (Å²) in [6.45, 7) is 0.719. The van der Waals surface area contributed by atoms with Gasteiger partial charge in [-0.1, -0.05) is 0 Å². The molecule has 0 aromatic carbocycles. The summed E-state index contributed by atoms with van der Waals surface area (Å²) in [7, 11) is 0. The zero-order valence-corrected chi connectivity index (χ0v) is 7.82. The van der Waals surface area contributed by atoms with Crippen molar-refractivity contribution in [3.63, 3.8) is 0 Å². The van der Waals surface area contributed by atoms with Gasteiger partial charge in [0.2, 0.25) is 5.88 Å². The molecule has 0 atom stereocenters. The van der Waals surface area contributed by atoms with Crippen LogP contribution in [-0.4, -0.2) is 17.6 Å². The Morgan fingerprint density at radius 1 is 1.50 bits per heavy atom. The molecular formula is C10H13FN2O. The van der Waals surface area contributed by atoms with E-state index in [1.165, 1.54) is 6.07 Å². The summed E-state index contributed by atoms with van der Waals surface area (Å²) < 4.78 is 18.0. The SMILES string of the molecule is NCC1CC(Oc2ccc(F)cn2)C1. The largest absolute Gasteiger partial charge is 0.474 e. The Balaban J connectivity index is 1.84. The van der Waals surface area contributed by atoms with E-state index in [4.69, 9.17) is 10.5 Å². The fourth-order valence-electron chi connectivity index (χ4n) is 1.57. The van der Waals surface area contributed by atoms with Gasteiger partial charge in [0, 0.05) is 6.07 Å². The number of ether oxygens (including phenoxy) is 1. The molecule has 1 aliphatic rings. The Labute approximate surface area is 82.1 Å². The number of rotatable bonds is 3. The lowest BCUT2D eigenvalue weighted by Crippen LogP contribution is -2.37. The van der Waals surface area contributed by atoms with Gasteiger partial charge in [0.15, 0.2) is 0 Å². The molecule has 0 radical (unpaired) electrons. The van der Waals surface area contributed by atoms with E-state index in [2.05, 4.69) is 4.98 Å². The highest BCUT2D eigenvalue weighted by Gasteiger charge is 2.29. The minimum absolute atomic E-state index is 0.210. The zero-order chi connectivity index (χ0) is 9.97. The van der Waals surface area contributed by atoms with Gasteiger partial charge >= 0.3 is 0 Å². The molecule has 14 heavy (non-hydrogen) atoms. The molecule has 1 fully saturated rings. The van der Waals surface area contributed by atoms with Crippen LogP contribution in [0.15, 0.2) is 18.3 Å². The van der Waals surface area contributed by atoms with Crippen LogP contribution in [-0.2, 0) is 0 Å². The predicted octanol–water partition coefficient (Wildman–Crippen LogP) is 1.34. The van der Waals surface area contributed by atoms with Crippen molar-refractivity contribution in [2.24, 2.45) is 11.7 Å².